The van der Waals surface area contributed by atoms with E-state index < -0.39 is 10.0 Å². The van der Waals surface area contributed by atoms with E-state index >= 15 is 0 Å². The van der Waals surface area contributed by atoms with E-state index in [1.165, 1.54) is 4.31 Å². The molecule has 2 aromatic rings. The number of hydrogen-bond donors (Lipinski definition) is 1. The monoisotopic (exact) mass is 462 g/mol. The molecule has 0 spiro atoms. The second kappa shape index (κ2) is 9.06. The van der Waals surface area contributed by atoms with Crippen LogP contribution in [-0.2, 0) is 16.4 Å². The zero-order valence-electron chi connectivity index (χ0n) is 17.6. The van der Waals surface area contributed by atoms with Crippen LogP contribution in [0.2, 0.25) is 5.02 Å². The van der Waals surface area contributed by atoms with Gasteiger partial charge in [-0.2, -0.15) is 4.31 Å². The van der Waals surface area contributed by atoms with Gasteiger partial charge in [0, 0.05) is 55.7 Å². The molecule has 2 aliphatic heterocycles. The minimum Gasteiger partial charge on any atom is -0.369 e. The van der Waals surface area contributed by atoms with Crippen LogP contribution in [0.1, 0.15) is 18.9 Å². The average molecular weight is 463 g/mol. The van der Waals surface area contributed by atoms with Crippen molar-refractivity contribution >= 4 is 39.0 Å². The van der Waals surface area contributed by atoms with Crippen molar-refractivity contribution < 1.29 is 13.2 Å². The molecule has 7 nitrogen and oxygen atoms in total. The van der Waals surface area contributed by atoms with Gasteiger partial charge in [0.1, 0.15) is 0 Å². The Kier molecular flexibility index (Phi) is 6.41. The van der Waals surface area contributed by atoms with Gasteiger partial charge in [0.25, 0.3) is 0 Å². The molecule has 9 heteroatoms. The van der Waals surface area contributed by atoms with Crippen LogP contribution in [0, 0.1) is 0 Å². The maximum absolute atomic E-state index is 13.2. The highest BCUT2D eigenvalue weighted by Crippen LogP contribution is 2.31. The number of benzene rings is 2. The second-order valence-electron chi connectivity index (χ2n) is 7.80. The maximum Gasteiger partial charge on any atom is 0.321 e. The minimum atomic E-state index is -3.59. The number of nitrogens with zero attached hydrogens (tertiary/aromatic N) is 3. The average Bonchev–Trinajstić information content (AvgIpc) is 3.21. The summed E-state index contributed by atoms with van der Waals surface area (Å²) in [7, 11) is -3.59. The Morgan fingerprint density at radius 3 is 2.55 bits per heavy atom. The molecular formula is C22H27ClN4O3S. The van der Waals surface area contributed by atoms with Crippen LogP contribution in [0.5, 0.6) is 0 Å². The largest absolute Gasteiger partial charge is 0.369 e. The molecule has 0 saturated carbocycles. The van der Waals surface area contributed by atoms with Crippen LogP contribution in [0.3, 0.4) is 0 Å². The zero-order valence-corrected chi connectivity index (χ0v) is 19.1. The summed E-state index contributed by atoms with van der Waals surface area (Å²) in [6.45, 7) is 5.23. The van der Waals surface area contributed by atoms with E-state index in [9.17, 15) is 13.2 Å². The molecule has 0 atom stereocenters. The van der Waals surface area contributed by atoms with Crippen molar-refractivity contribution in [3.8, 4) is 0 Å². The van der Waals surface area contributed by atoms with E-state index in [-0.39, 0.29) is 6.03 Å². The number of carbonyl (C=O) groups is 1. The van der Waals surface area contributed by atoms with Gasteiger partial charge in [0.15, 0.2) is 0 Å². The first-order chi connectivity index (χ1) is 14.9. The van der Waals surface area contributed by atoms with E-state index in [4.69, 9.17) is 11.6 Å². The maximum atomic E-state index is 13.2. The molecule has 2 amide bonds. The number of fused-ring (bicyclic) bond motifs is 1. The topological polar surface area (TPSA) is 73.0 Å². The Balaban J connectivity index is 1.46. The number of hydrogen-bond acceptors (Lipinski definition) is 4. The normalized spacial score (nSPS) is 17.0. The summed E-state index contributed by atoms with van der Waals surface area (Å²) in [5.41, 5.74) is 2.69. The van der Waals surface area contributed by atoms with Gasteiger partial charge in [-0.1, -0.05) is 24.6 Å². The zero-order chi connectivity index (χ0) is 22.0. The standard InChI is InChI=1S/C22H27ClN4O3S/c1-2-9-24-22(28)27-10-8-17-15-20(6-7-21(17)27)31(29,30)26-13-11-25(12-14-26)19-5-3-4-18(23)16-19/h3-7,15-16H,2,8-14H2,1H3,(H,24,28). The quantitative estimate of drug-likeness (QED) is 0.739. The number of halogens is 1. The van der Waals surface area contributed by atoms with Crippen LogP contribution in [0.4, 0.5) is 16.2 Å². The van der Waals surface area contributed by atoms with Crippen LogP contribution in [0.15, 0.2) is 47.4 Å². The first kappa shape index (κ1) is 21.9. The summed E-state index contributed by atoms with van der Waals surface area (Å²) < 4.78 is 28.0. The molecule has 0 unspecified atom stereocenters. The molecule has 2 aromatic carbocycles. The number of nitrogens with one attached hydrogen (secondary N) is 1. The predicted octanol–water partition coefficient (Wildman–Crippen LogP) is 3.33. The third kappa shape index (κ3) is 4.51. The van der Waals surface area contributed by atoms with Gasteiger partial charge in [-0.15, -0.1) is 0 Å². The third-order valence-electron chi connectivity index (χ3n) is 5.77. The third-order valence-corrected chi connectivity index (χ3v) is 7.90. The van der Waals surface area contributed by atoms with Crippen LogP contribution >= 0.6 is 11.6 Å². The first-order valence-electron chi connectivity index (χ1n) is 10.6. The summed E-state index contributed by atoms with van der Waals surface area (Å²) in [5.74, 6) is 0. The Hall–Kier alpha value is -2.29. The highest BCUT2D eigenvalue weighted by atomic mass is 35.5. The van der Waals surface area contributed by atoms with Crippen molar-refractivity contribution in [2.24, 2.45) is 0 Å². The Labute approximate surface area is 188 Å². The van der Waals surface area contributed by atoms with Gasteiger partial charge < -0.3 is 10.2 Å². The van der Waals surface area contributed by atoms with Gasteiger partial charge in [0.2, 0.25) is 10.0 Å². The molecular weight excluding hydrogens is 436 g/mol. The number of urea groups is 1. The van der Waals surface area contributed by atoms with Crippen LogP contribution in [-0.4, -0.2) is 58.0 Å². The van der Waals surface area contributed by atoms with Crippen molar-refractivity contribution in [3.63, 3.8) is 0 Å². The highest BCUT2D eigenvalue weighted by molar-refractivity contribution is 7.89. The number of piperazine rings is 1. The van der Waals surface area contributed by atoms with Crippen molar-refractivity contribution in [2.75, 3.05) is 49.1 Å². The molecule has 4 rings (SSSR count). The molecule has 1 saturated heterocycles. The van der Waals surface area contributed by atoms with Crippen LogP contribution in [0.25, 0.3) is 0 Å². The van der Waals surface area contributed by atoms with E-state index in [2.05, 4.69) is 10.2 Å². The van der Waals surface area contributed by atoms with E-state index in [1.54, 1.807) is 23.1 Å². The lowest BCUT2D eigenvalue weighted by Crippen LogP contribution is -2.48. The highest BCUT2D eigenvalue weighted by Gasteiger charge is 2.31. The van der Waals surface area contributed by atoms with Crippen LogP contribution < -0.4 is 15.1 Å². The van der Waals surface area contributed by atoms with Crippen molar-refractivity contribution in [1.82, 2.24) is 9.62 Å². The van der Waals surface area contributed by atoms with Crippen molar-refractivity contribution in [2.45, 2.75) is 24.7 Å². The molecule has 1 fully saturated rings. The Morgan fingerprint density at radius 2 is 1.84 bits per heavy atom. The summed E-state index contributed by atoms with van der Waals surface area (Å²) in [5, 5.41) is 3.55. The molecule has 31 heavy (non-hydrogen) atoms. The predicted molar refractivity (Wildman–Crippen MR) is 124 cm³/mol. The summed E-state index contributed by atoms with van der Waals surface area (Å²) in [4.78, 5) is 16.5. The molecule has 0 aromatic heterocycles. The molecule has 1 N–H and O–H groups in total. The number of rotatable bonds is 5. The summed E-state index contributed by atoms with van der Waals surface area (Å²) in [6.07, 6.45) is 1.52. The molecule has 0 aliphatic carbocycles. The number of sulfonamides is 1. The van der Waals surface area contributed by atoms with Gasteiger partial charge in [-0.05, 0) is 54.8 Å². The molecule has 0 radical (unpaired) electrons. The minimum absolute atomic E-state index is 0.131. The van der Waals surface area contributed by atoms with Gasteiger partial charge in [-0.25, -0.2) is 13.2 Å². The number of anilines is 2. The SMILES string of the molecule is CCCNC(=O)N1CCc2cc(S(=O)(=O)N3CCN(c4cccc(Cl)c4)CC3)ccc21. The Morgan fingerprint density at radius 1 is 1.06 bits per heavy atom. The molecule has 2 heterocycles. The summed E-state index contributed by atoms with van der Waals surface area (Å²) >= 11 is 6.09. The number of carbonyl (C=O) groups excluding carboxylic acids is 1. The smallest absolute Gasteiger partial charge is 0.321 e. The fourth-order valence-corrected chi connectivity index (χ4v) is 5.74. The van der Waals surface area contributed by atoms with Gasteiger partial charge >= 0.3 is 6.03 Å². The molecule has 0 bridgehead atoms. The Bertz CT molecular complexity index is 1070. The van der Waals surface area contributed by atoms with Gasteiger partial charge in [0.05, 0.1) is 4.90 Å². The lowest BCUT2D eigenvalue weighted by Gasteiger charge is -2.35. The van der Waals surface area contributed by atoms with E-state index in [0.717, 1.165) is 23.4 Å². The lowest BCUT2D eigenvalue weighted by molar-refractivity contribution is 0.247. The summed E-state index contributed by atoms with van der Waals surface area (Å²) in [6, 6.07) is 12.6. The number of amides is 2. The lowest BCUT2D eigenvalue weighted by atomic mass is 10.2. The van der Waals surface area contributed by atoms with Crippen molar-refractivity contribution in [3.05, 3.63) is 53.1 Å². The van der Waals surface area contributed by atoms with Gasteiger partial charge in [-0.3, -0.25) is 4.90 Å². The first-order valence-corrected chi connectivity index (χ1v) is 12.4. The van der Waals surface area contributed by atoms with E-state index in [1.807, 2.05) is 31.2 Å². The van der Waals surface area contributed by atoms with E-state index in [0.29, 0.717) is 55.6 Å². The fourth-order valence-electron chi connectivity index (χ4n) is 4.09. The van der Waals surface area contributed by atoms with Crippen molar-refractivity contribution in [1.29, 1.82) is 0 Å². The second-order valence-corrected chi connectivity index (χ2v) is 10.2. The molecule has 166 valence electrons. The molecule has 2 aliphatic rings. The fraction of sp³-hybridized carbons (Fsp3) is 0.409.